The molecule has 1 saturated heterocycles. The zero-order valence-electron chi connectivity index (χ0n) is 19.2. The molecule has 0 saturated carbocycles. The fraction of sp³-hybridized carbons (Fsp3) is 0.385. The Hall–Kier alpha value is -2.99. The highest BCUT2D eigenvalue weighted by Gasteiger charge is 2.46. The van der Waals surface area contributed by atoms with Crippen LogP contribution in [-0.4, -0.2) is 52.8 Å². The summed E-state index contributed by atoms with van der Waals surface area (Å²) in [6, 6.07) is 11.3. The predicted octanol–water partition coefficient (Wildman–Crippen LogP) is 4.46. The lowest BCUT2D eigenvalue weighted by Gasteiger charge is -2.28. The highest BCUT2D eigenvalue weighted by molar-refractivity contribution is 6.46. The van der Waals surface area contributed by atoms with Gasteiger partial charge in [0.05, 0.1) is 11.6 Å². The molecule has 2 aromatic carbocycles. The Kier molecular flexibility index (Phi) is 7.46. The Morgan fingerprint density at radius 2 is 1.72 bits per heavy atom. The van der Waals surface area contributed by atoms with Crippen molar-refractivity contribution < 1.29 is 19.1 Å². The van der Waals surface area contributed by atoms with E-state index in [-0.39, 0.29) is 16.9 Å². The minimum atomic E-state index is -0.743. The van der Waals surface area contributed by atoms with Crippen LogP contribution in [0.15, 0.2) is 48.0 Å². The van der Waals surface area contributed by atoms with Crippen LogP contribution >= 0.6 is 0 Å². The van der Waals surface area contributed by atoms with Crippen LogP contribution in [0.1, 0.15) is 49.1 Å². The van der Waals surface area contributed by atoms with E-state index in [0.29, 0.717) is 18.7 Å². The fourth-order valence-electron chi connectivity index (χ4n) is 4.08. The first kappa shape index (κ1) is 23.7. The summed E-state index contributed by atoms with van der Waals surface area (Å²) in [6.45, 7) is 10.4. The first-order chi connectivity index (χ1) is 15.3. The number of carbonyl (C=O) groups excluding carboxylic acids is 2. The van der Waals surface area contributed by atoms with Crippen LogP contribution in [0.3, 0.4) is 0 Å². The van der Waals surface area contributed by atoms with Crippen molar-refractivity contribution in [3.05, 3.63) is 76.1 Å². The molecule has 5 nitrogen and oxygen atoms in total. The van der Waals surface area contributed by atoms with Crippen molar-refractivity contribution in [3.63, 3.8) is 0 Å². The maximum absolute atomic E-state index is 14.2. The highest BCUT2D eigenvalue weighted by atomic mass is 19.1. The number of carbonyl (C=O) groups is 2. The van der Waals surface area contributed by atoms with Gasteiger partial charge in [-0.05, 0) is 49.2 Å². The molecule has 1 fully saturated rings. The highest BCUT2D eigenvalue weighted by Crippen LogP contribution is 2.39. The van der Waals surface area contributed by atoms with Gasteiger partial charge in [0.15, 0.2) is 0 Å². The molecule has 0 bridgehead atoms. The molecule has 1 heterocycles. The number of hydrogen-bond donors (Lipinski definition) is 1. The molecule has 0 spiro atoms. The van der Waals surface area contributed by atoms with Crippen LogP contribution in [0.5, 0.6) is 0 Å². The third kappa shape index (κ3) is 4.60. The summed E-state index contributed by atoms with van der Waals surface area (Å²) in [7, 11) is 0. The van der Waals surface area contributed by atoms with Gasteiger partial charge in [0.25, 0.3) is 11.7 Å². The maximum atomic E-state index is 14.2. The molecule has 0 radical (unpaired) electrons. The Morgan fingerprint density at radius 3 is 2.28 bits per heavy atom. The van der Waals surface area contributed by atoms with Gasteiger partial charge < -0.3 is 14.9 Å². The normalized spacial score (nSPS) is 18.1. The van der Waals surface area contributed by atoms with E-state index in [0.717, 1.165) is 30.6 Å². The summed E-state index contributed by atoms with van der Waals surface area (Å²) in [5, 5.41) is 11.0. The van der Waals surface area contributed by atoms with Crippen LogP contribution in [0.25, 0.3) is 5.76 Å². The maximum Gasteiger partial charge on any atom is 0.295 e. The number of halogens is 1. The lowest BCUT2D eigenvalue weighted by molar-refractivity contribution is -0.140. The summed E-state index contributed by atoms with van der Waals surface area (Å²) < 4.78 is 14.2. The van der Waals surface area contributed by atoms with Crippen molar-refractivity contribution in [1.29, 1.82) is 0 Å². The van der Waals surface area contributed by atoms with E-state index in [1.165, 1.54) is 11.0 Å². The number of likely N-dealkylation sites (N-methyl/N-ethyl adjacent to an activating group) is 1. The van der Waals surface area contributed by atoms with E-state index < -0.39 is 23.5 Å². The molecular weight excluding hydrogens is 407 g/mol. The van der Waals surface area contributed by atoms with Crippen molar-refractivity contribution in [2.45, 2.75) is 40.2 Å². The second kappa shape index (κ2) is 10.1. The van der Waals surface area contributed by atoms with E-state index in [9.17, 15) is 19.1 Å². The van der Waals surface area contributed by atoms with E-state index in [1.54, 1.807) is 19.1 Å². The summed E-state index contributed by atoms with van der Waals surface area (Å²) in [6.07, 6.45) is 0.866. The summed E-state index contributed by atoms with van der Waals surface area (Å²) >= 11 is 0. The van der Waals surface area contributed by atoms with Crippen LogP contribution < -0.4 is 0 Å². The molecule has 6 heteroatoms. The van der Waals surface area contributed by atoms with Gasteiger partial charge in [-0.1, -0.05) is 57.2 Å². The number of rotatable bonds is 8. The average molecular weight is 439 g/mol. The molecule has 1 N–H and O–H groups in total. The van der Waals surface area contributed by atoms with Gasteiger partial charge >= 0.3 is 0 Å². The van der Waals surface area contributed by atoms with Crippen molar-refractivity contribution in [2.24, 2.45) is 0 Å². The number of aliphatic hydroxyl groups excluding tert-OH is 1. The lowest BCUT2D eigenvalue weighted by Crippen LogP contribution is -2.38. The number of likely N-dealkylation sites (tertiary alicyclic amines) is 1. The van der Waals surface area contributed by atoms with Crippen LogP contribution in [-0.2, 0) is 16.0 Å². The predicted molar refractivity (Wildman–Crippen MR) is 124 cm³/mol. The molecule has 0 aromatic heterocycles. The molecule has 0 aliphatic carbocycles. The Morgan fingerprint density at radius 1 is 1.06 bits per heavy atom. The zero-order valence-corrected chi connectivity index (χ0v) is 19.2. The molecule has 32 heavy (non-hydrogen) atoms. The van der Waals surface area contributed by atoms with E-state index in [4.69, 9.17) is 0 Å². The molecular formula is C26H31FN2O3. The standard InChI is InChI=1S/C26H31FN2O3/c1-5-18-9-12-19(13-10-18)23-22(24(30)20-11-8-17(4)21(27)16-20)25(31)26(32)29(23)15-14-28(6-2)7-3/h8-13,16,23,30H,5-7,14-15H2,1-4H3/t23-/m1/s1. The molecule has 1 amide bonds. The number of ketones is 1. The molecule has 170 valence electrons. The number of aliphatic hydroxyl groups is 1. The van der Waals surface area contributed by atoms with Gasteiger partial charge in [-0.3, -0.25) is 9.59 Å². The van der Waals surface area contributed by atoms with Gasteiger partial charge in [-0.25, -0.2) is 4.39 Å². The lowest BCUT2D eigenvalue weighted by atomic mass is 9.94. The van der Waals surface area contributed by atoms with Gasteiger partial charge in [-0.15, -0.1) is 0 Å². The molecule has 0 unspecified atom stereocenters. The first-order valence-electron chi connectivity index (χ1n) is 11.2. The first-order valence-corrected chi connectivity index (χ1v) is 11.2. The number of hydrogen-bond acceptors (Lipinski definition) is 4. The van der Waals surface area contributed by atoms with E-state index in [2.05, 4.69) is 11.8 Å². The number of benzene rings is 2. The minimum Gasteiger partial charge on any atom is -0.507 e. The zero-order chi connectivity index (χ0) is 23.4. The number of Topliss-reactive ketones (excluding diaryl/α,β-unsaturated/α-hetero) is 1. The summed E-state index contributed by atoms with van der Waals surface area (Å²) in [5.74, 6) is -2.21. The number of nitrogens with zero attached hydrogens (tertiary/aromatic N) is 2. The van der Waals surface area contributed by atoms with Crippen molar-refractivity contribution >= 4 is 17.4 Å². The molecule has 2 aromatic rings. The van der Waals surface area contributed by atoms with Crippen molar-refractivity contribution in [1.82, 2.24) is 9.80 Å². The third-order valence-electron chi connectivity index (χ3n) is 6.24. The van der Waals surface area contributed by atoms with Gasteiger partial charge in [0, 0.05) is 18.7 Å². The number of amides is 1. The van der Waals surface area contributed by atoms with E-state index >= 15 is 0 Å². The second-order valence-corrected chi connectivity index (χ2v) is 8.08. The molecule has 1 atom stereocenters. The summed E-state index contributed by atoms with van der Waals surface area (Å²) in [4.78, 5) is 29.8. The minimum absolute atomic E-state index is 0.00190. The third-order valence-corrected chi connectivity index (χ3v) is 6.24. The quantitative estimate of drug-likeness (QED) is 0.376. The average Bonchev–Trinajstić information content (AvgIpc) is 3.06. The van der Waals surface area contributed by atoms with Crippen LogP contribution in [0.2, 0.25) is 0 Å². The summed E-state index contributed by atoms with van der Waals surface area (Å²) in [5.41, 5.74) is 2.50. The molecule has 1 aliphatic heterocycles. The monoisotopic (exact) mass is 438 g/mol. The molecule has 3 rings (SSSR count). The van der Waals surface area contributed by atoms with Crippen molar-refractivity contribution in [3.8, 4) is 0 Å². The SMILES string of the molecule is CCc1ccc([C@@H]2C(=C(O)c3ccc(C)c(F)c3)C(=O)C(=O)N2CCN(CC)CC)cc1. The van der Waals surface area contributed by atoms with Gasteiger partial charge in [0.2, 0.25) is 0 Å². The largest absolute Gasteiger partial charge is 0.507 e. The van der Waals surface area contributed by atoms with Crippen LogP contribution in [0.4, 0.5) is 4.39 Å². The Labute approximate surface area is 189 Å². The Bertz CT molecular complexity index is 1030. The van der Waals surface area contributed by atoms with Gasteiger partial charge in [0.1, 0.15) is 11.6 Å². The van der Waals surface area contributed by atoms with E-state index in [1.807, 2.05) is 38.1 Å². The Balaban J connectivity index is 2.11. The topological polar surface area (TPSA) is 60.9 Å². The van der Waals surface area contributed by atoms with Crippen molar-refractivity contribution in [2.75, 3.05) is 26.2 Å². The van der Waals surface area contributed by atoms with Crippen LogP contribution in [0, 0.1) is 12.7 Å². The number of aryl methyl sites for hydroxylation is 2. The molecule has 1 aliphatic rings. The second-order valence-electron chi connectivity index (χ2n) is 8.08. The van der Waals surface area contributed by atoms with Gasteiger partial charge in [-0.2, -0.15) is 0 Å². The fourth-order valence-corrected chi connectivity index (χ4v) is 4.08. The smallest absolute Gasteiger partial charge is 0.295 e.